The highest BCUT2D eigenvalue weighted by Crippen LogP contribution is 2.45. The summed E-state index contributed by atoms with van der Waals surface area (Å²) in [6, 6.07) is 17.8. The number of nitrogens with zero attached hydrogens (tertiary/aromatic N) is 2. The second-order valence-electron chi connectivity index (χ2n) is 7.53. The molecule has 0 aliphatic carbocycles. The van der Waals surface area contributed by atoms with E-state index in [-0.39, 0.29) is 5.91 Å². The fourth-order valence-electron chi connectivity index (χ4n) is 4.56. The van der Waals surface area contributed by atoms with Gasteiger partial charge in [-0.3, -0.25) is 9.78 Å². The van der Waals surface area contributed by atoms with Gasteiger partial charge in [0, 0.05) is 30.1 Å². The molecule has 1 aliphatic rings. The topological polar surface area (TPSA) is 51.7 Å². The molecule has 31 heavy (non-hydrogen) atoms. The van der Waals surface area contributed by atoms with E-state index in [0.29, 0.717) is 37.7 Å². The van der Waals surface area contributed by atoms with Crippen molar-refractivity contribution >= 4 is 5.91 Å². The number of carbonyl (C=O) groups excluding carboxylic acids is 1. The smallest absolute Gasteiger partial charge is 0.255 e. The van der Waals surface area contributed by atoms with Gasteiger partial charge in [-0.1, -0.05) is 37.3 Å². The first-order chi connectivity index (χ1) is 15.2. The monoisotopic (exact) mass is 416 g/mol. The second kappa shape index (κ2) is 8.80. The summed E-state index contributed by atoms with van der Waals surface area (Å²) >= 11 is 0. The largest absolute Gasteiger partial charge is 0.490 e. The zero-order valence-electron chi connectivity index (χ0n) is 18.3. The predicted molar refractivity (Wildman–Crippen MR) is 120 cm³/mol. The van der Waals surface area contributed by atoms with Crippen LogP contribution in [0.3, 0.4) is 0 Å². The van der Waals surface area contributed by atoms with Crippen molar-refractivity contribution in [3.63, 3.8) is 0 Å². The van der Waals surface area contributed by atoms with Crippen molar-refractivity contribution in [2.24, 2.45) is 0 Å². The first-order valence-corrected chi connectivity index (χ1v) is 10.9. The molecule has 5 heteroatoms. The molecule has 1 aliphatic heterocycles. The molecule has 0 saturated heterocycles. The summed E-state index contributed by atoms with van der Waals surface area (Å²) < 4.78 is 11.7. The van der Waals surface area contributed by atoms with Gasteiger partial charge in [-0.2, -0.15) is 0 Å². The molecule has 1 amide bonds. The summed E-state index contributed by atoms with van der Waals surface area (Å²) in [5.74, 6) is 1.43. The summed E-state index contributed by atoms with van der Waals surface area (Å²) in [5, 5.41) is 0. The van der Waals surface area contributed by atoms with Gasteiger partial charge < -0.3 is 14.4 Å². The number of benzene rings is 2. The summed E-state index contributed by atoms with van der Waals surface area (Å²) in [6.07, 6.45) is 4.31. The molecule has 1 atom stereocenters. The third kappa shape index (κ3) is 3.54. The van der Waals surface area contributed by atoms with Gasteiger partial charge in [0.25, 0.3) is 5.91 Å². The Labute approximate surface area is 183 Å². The molecule has 5 nitrogen and oxygen atoms in total. The quantitative estimate of drug-likeness (QED) is 0.507. The van der Waals surface area contributed by atoms with Crippen molar-refractivity contribution in [3.8, 4) is 11.5 Å². The lowest BCUT2D eigenvalue weighted by atomic mass is 9.79. The number of rotatable bonds is 8. The van der Waals surface area contributed by atoms with E-state index in [4.69, 9.17) is 9.47 Å². The highest BCUT2D eigenvalue weighted by atomic mass is 16.5. The van der Waals surface area contributed by atoms with E-state index < -0.39 is 5.54 Å². The first kappa shape index (κ1) is 20.9. The molecule has 0 spiro atoms. The summed E-state index contributed by atoms with van der Waals surface area (Å²) in [5.41, 5.74) is 3.09. The average molecular weight is 417 g/mol. The standard InChI is InChI=1S/C26H28N2O3/c1-4-26(21-11-9-15-27-17-21,28-18-19-10-7-8-12-22(19)25(28)29)20-13-14-23(30-5-2)24(16-20)31-6-3/h7-17H,4-6,18H2,1-3H3/t26-/m0/s1. The van der Waals surface area contributed by atoms with Crippen molar-refractivity contribution in [2.45, 2.75) is 39.3 Å². The van der Waals surface area contributed by atoms with E-state index in [1.54, 1.807) is 6.20 Å². The van der Waals surface area contributed by atoms with Crippen molar-refractivity contribution in [2.75, 3.05) is 13.2 Å². The Morgan fingerprint density at radius 2 is 1.71 bits per heavy atom. The minimum atomic E-state index is -0.680. The molecule has 2 heterocycles. The highest BCUT2D eigenvalue weighted by molar-refractivity contribution is 5.99. The Bertz CT molecular complexity index is 1070. The Hall–Kier alpha value is -3.34. The van der Waals surface area contributed by atoms with Gasteiger partial charge in [0.1, 0.15) is 0 Å². The fraction of sp³-hybridized carbons (Fsp3) is 0.308. The van der Waals surface area contributed by atoms with E-state index >= 15 is 0 Å². The minimum absolute atomic E-state index is 0.0353. The number of fused-ring (bicyclic) bond motifs is 1. The van der Waals surface area contributed by atoms with E-state index in [1.165, 1.54) is 0 Å². The highest BCUT2D eigenvalue weighted by Gasteiger charge is 2.45. The fourth-order valence-corrected chi connectivity index (χ4v) is 4.56. The van der Waals surface area contributed by atoms with Crippen molar-refractivity contribution in [1.82, 2.24) is 9.88 Å². The van der Waals surface area contributed by atoms with E-state index in [9.17, 15) is 4.79 Å². The van der Waals surface area contributed by atoms with Crippen LogP contribution in [0.2, 0.25) is 0 Å². The Morgan fingerprint density at radius 3 is 2.39 bits per heavy atom. The van der Waals surface area contributed by atoms with E-state index in [1.807, 2.05) is 79.5 Å². The molecule has 0 radical (unpaired) electrons. The van der Waals surface area contributed by atoms with Crippen LogP contribution < -0.4 is 9.47 Å². The van der Waals surface area contributed by atoms with Gasteiger partial charge in [0.2, 0.25) is 0 Å². The molecule has 160 valence electrons. The second-order valence-corrected chi connectivity index (χ2v) is 7.53. The van der Waals surface area contributed by atoms with Gasteiger partial charge in [0.15, 0.2) is 11.5 Å². The summed E-state index contributed by atoms with van der Waals surface area (Å²) in [6.45, 7) is 7.66. The zero-order valence-corrected chi connectivity index (χ0v) is 18.3. The number of carbonyl (C=O) groups is 1. The number of ether oxygens (including phenoxy) is 2. The molecule has 4 rings (SSSR count). The number of amides is 1. The maximum Gasteiger partial charge on any atom is 0.255 e. The average Bonchev–Trinajstić information content (AvgIpc) is 3.14. The van der Waals surface area contributed by atoms with Crippen LogP contribution in [-0.2, 0) is 12.1 Å². The lowest BCUT2D eigenvalue weighted by Gasteiger charge is -2.42. The van der Waals surface area contributed by atoms with Gasteiger partial charge in [-0.05, 0) is 55.7 Å². The number of pyridine rings is 1. The van der Waals surface area contributed by atoms with Gasteiger partial charge in [-0.15, -0.1) is 0 Å². The van der Waals surface area contributed by atoms with Crippen LogP contribution in [0.5, 0.6) is 11.5 Å². The van der Waals surface area contributed by atoms with Crippen molar-refractivity contribution in [3.05, 3.63) is 89.2 Å². The molecule has 0 fully saturated rings. The lowest BCUT2D eigenvalue weighted by molar-refractivity contribution is 0.0562. The van der Waals surface area contributed by atoms with E-state index in [2.05, 4.69) is 11.9 Å². The number of hydrogen-bond acceptors (Lipinski definition) is 4. The number of aromatic nitrogens is 1. The van der Waals surface area contributed by atoms with Crippen LogP contribution in [0.1, 0.15) is 54.2 Å². The lowest BCUT2D eigenvalue weighted by Crippen LogP contribution is -2.47. The van der Waals surface area contributed by atoms with Crippen LogP contribution >= 0.6 is 0 Å². The summed E-state index contributed by atoms with van der Waals surface area (Å²) in [7, 11) is 0. The molecule has 1 aromatic heterocycles. The van der Waals surface area contributed by atoms with Crippen LogP contribution in [0.15, 0.2) is 67.0 Å². The number of hydrogen-bond donors (Lipinski definition) is 0. The molecular formula is C26H28N2O3. The van der Waals surface area contributed by atoms with Gasteiger partial charge >= 0.3 is 0 Å². The van der Waals surface area contributed by atoms with Crippen molar-refractivity contribution in [1.29, 1.82) is 0 Å². The maximum atomic E-state index is 13.6. The predicted octanol–water partition coefficient (Wildman–Crippen LogP) is 5.19. The van der Waals surface area contributed by atoms with Crippen LogP contribution in [0, 0.1) is 0 Å². The first-order valence-electron chi connectivity index (χ1n) is 10.9. The molecule has 0 unspecified atom stereocenters. The Kier molecular flexibility index (Phi) is 5.94. The zero-order chi connectivity index (χ0) is 21.8. The molecular weight excluding hydrogens is 388 g/mol. The third-order valence-electron chi connectivity index (χ3n) is 5.95. The van der Waals surface area contributed by atoms with Crippen LogP contribution in [0.25, 0.3) is 0 Å². The van der Waals surface area contributed by atoms with E-state index in [0.717, 1.165) is 22.3 Å². The minimum Gasteiger partial charge on any atom is -0.490 e. The maximum absolute atomic E-state index is 13.6. The Balaban J connectivity index is 1.91. The molecule has 0 N–H and O–H groups in total. The molecule has 2 aromatic carbocycles. The molecule has 3 aromatic rings. The van der Waals surface area contributed by atoms with Gasteiger partial charge in [-0.25, -0.2) is 0 Å². The van der Waals surface area contributed by atoms with Crippen LogP contribution in [-0.4, -0.2) is 29.0 Å². The molecule has 0 saturated carbocycles. The van der Waals surface area contributed by atoms with Gasteiger partial charge in [0.05, 0.1) is 18.8 Å². The van der Waals surface area contributed by atoms with Crippen molar-refractivity contribution < 1.29 is 14.3 Å². The molecule has 0 bridgehead atoms. The normalized spacial score (nSPS) is 14.8. The third-order valence-corrected chi connectivity index (χ3v) is 5.95. The summed E-state index contributed by atoms with van der Waals surface area (Å²) in [4.78, 5) is 19.9. The van der Waals surface area contributed by atoms with Crippen LogP contribution in [0.4, 0.5) is 0 Å². The Morgan fingerprint density at radius 1 is 0.935 bits per heavy atom. The SMILES string of the molecule is CCOc1ccc([C@@](CC)(c2cccnc2)N2Cc3ccccc3C2=O)cc1OCC.